The lowest BCUT2D eigenvalue weighted by atomic mass is 9.94. The van der Waals surface area contributed by atoms with Crippen LogP contribution >= 0.6 is 0 Å². The van der Waals surface area contributed by atoms with Crippen molar-refractivity contribution in [3.63, 3.8) is 0 Å². The molecule has 1 atom stereocenters. The summed E-state index contributed by atoms with van der Waals surface area (Å²) in [5.41, 5.74) is 5.21. The predicted octanol–water partition coefficient (Wildman–Crippen LogP) is 2.72. The van der Waals surface area contributed by atoms with Crippen molar-refractivity contribution in [2.75, 3.05) is 6.61 Å². The van der Waals surface area contributed by atoms with Gasteiger partial charge < -0.3 is 10.5 Å². The third kappa shape index (κ3) is 2.92. The molecule has 0 heterocycles. The van der Waals surface area contributed by atoms with E-state index in [1.807, 2.05) is 6.07 Å². The maximum atomic E-state index is 13.1. The fourth-order valence-electron chi connectivity index (χ4n) is 1.68. The van der Waals surface area contributed by atoms with Gasteiger partial charge in [-0.15, -0.1) is 0 Å². The van der Waals surface area contributed by atoms with Crippen LogP contribution in [0.25, 0.3) is 0 Å². The Morgan fingerprint density at radius 1 is 1.10 bits per heavy atom. The van der Waals surface area contributed by atoms with Gasteiger partial charge in [0.15, 0.2) is 17.2 Å². The van der Waals surface area contributed by atoms with Gasteiger partial charge in [0.25, 0.3) is 0 Å². The first-order chi connectivity index (χ1) is 9.55. The van der Waals surface area contributed by atoms with Gasteiger partial charge in [0.1, 0.15) is 12.4 Å². The van der Waals surface area contributed by atoms with Crippen molar-refractivity contribution in [3.05, 3.63) is 65.7 Å². The molecule has 0 saturated heterocycles. The molecule has 2 rings (SSSR count). The number of nitrogens with two attached hydrogens (primary N) is 1. The van der Waals surface area contributed by atoms with Gasteiger partial charge in [-0.2, -0.15) is 5.26 Å². The number of benzene rings is 2. The molecular weight excluding hydrogens is 262 g/mol. The summed E-state index contributed by atoms with van der Waals surface area (Å²) in [6.45, 7) is -0.168. The number of halogens is 2. The summed E-state index contributed by atoms with van der Waals surface area (Å²) in [5, 5.41) is 9.23. The molecule has 20 heavy (non-hydrogen) atoms. The highest BCUT2D eigenvalue weighted by atomic mass is 19.2. The van der Waals surface area contributed by atoms with Crippen molar-refractivity contribution in [1.82, 2.24) is 0 Å². The Labute approximate surface area is 115 Å². The normalized spacial score (nSPS) is 13.3. The van der Waals surface area contributed by atoms with E-state index in [2.05, 4.69) is 0 Å². The Morgan fingerprint density at radius 2 is 1.80 bits per heavy atom. The van der Waals surface area contributed by atoms with Gasteiger partial charge in [-0.1, -0.05) is 30.3 Å². The maximum Gasteiger partial charge on any atom is 0.164 e. The number of nitrogens with zero attached hydrogens (tertiary/aromatic N) is 1. The van der Waals surface area contributed by atoms with E-state index in [9.17, 15) is 14.0 Å². The zero-order valence-electron chi connectivity index (χ0n) is 10.5. The average molecular weight is 274 g/mol. The third-order valence-electron chi connectivity index (χ3n) is 2.85. The van der Waals surface area contributed by atoms with E-state index in [0.717, 1.165) is 12.1 Å². The zero-order chi connectivity index (χ0) is 14.6. The first kappa shape index (κ1) is 14.0. The second-order valence-electron chi connectivity index (χ2n) is 4.31. The molecular formula is C15H12F2N2O. The molecule has 0 saturated carbocycles. The van der Waals surface area contributed by atoms with E-state index in [1.54, 1.807) is 30.3 Å². The molecule has 0 bridgehead atoms. The number of rotatable bonds is 4. The molecule has 0 amide bonds. The molecule has 0 aliphatic heterocycles. The van der Waals surface area contributed by atoms with Gasteiger partial charge in [-0.05, 0) is 17.7 Å². The van der Waals surface area contributed by atoms with E-state index < -0.39 is 17.2 Å². The van der Waals surface area contributed by atoms with Crippen molar-refractivity contribution in [2.24, 2.45) is 5.73 Å². The third-order valence-corrected chi connectivity index (χ3v) is 2.85. The highest BCUT2D eigenvalue weighted by molar-refractivity contribution is 5.31. The van der Waals surface area contributed by atoms with Gasteiger partial charge in [0, 0.05) is 6.07 Å². The SMILES string of the molecule is N#CC(N)(COc1ccc(F)c(F)c1)c1ccccc1. The molecule has 1 unspecified atom stereocenters. The molecule has 102 valence electrons. The van der Waals surface area contributed by atoms with Gasteiger partial charge >= 0.3 is 0 Å². The molecule has 0 fully saturated rings. The number of ether oxygens (including phenoxy) is 1. The molecule has 0 aliphatic rings. The summed E-state index contributed by atoms with van der Waals surface area (Å²) >= 11 is 0. The monoisotopic (exact) mass is 274 g/mol. The lowest BCUT2D eigenvalue weighted by molar-refractivity contribution is 0.254. The molecule has 0 spiro atoms. The zero-order valence-corrected chi connectivity index (χ0v) is 10.5. The number of hydrogen-bond donors (Lipinski definition) is 1. The smallest absolute Gasteiger partial charge is 0.164 e. The fraction of sp³-hybridized carbons (Fsp3) is 0.133. The first-order valence-electron chi connectivity index (χ1n) is 5.89. The Bertz CT molecular complexity index is 640. The van der Waals surface area contributed by atoms with Crippen molar-refractivity contribution in [2.45, 2.75) is 5.54 Å². The molecule has 2 N–H and O–H groups in total. The summed E-state index contributed by atoms with van der Waals surface area (Å²) in [7, 11) is 0. The fourth-order valence-corrected chi connectivity index (χ4v) is 1.68. The quantitative estimate of drug-likeness (QED) is 0.932. The molecule has 2 aromatic carbocycles. The van der Waals surface area contributed by atoms with Crippen LogP contribution in [0.3, 0.4) is 0 Å². The molecule has 5 heteroatoms. The van der Waals surface area contributed by atoms with Gasteiger partial charge in [-0.25, -0.2) is 8.78 Å². The Balaban J connectivity index is 2.15. The Kier molecular flexibility index (Phi) is 3.97. The van der Waals surface area contributed by atoms with Crippen LogP contribution in [0.5, 0.6) is 5.75 Å². The molecule has 0 aliphatic carbocycles. The summed E-state index contributed by atoms with van der Waals surface area (Å²) < 4.78 is 31.1. The summed E-state index contributed by atoms with van der Waals surface area (Å²) in [6.07, 6.45) is 0. The van der Waals surface area contributed by atoms with Crippen molar-refractivity contribution >= 4 is 0 Å². The van der Waals surface area contributed by atoms with Crippen LogP contribution in [0.2, 0.25) is 0 Å². The van der Waals surface area contributed by atoms with Crippen LogP contribution in [0.1, 0.15) is 5.56 Å². The minimum absolute atomic E-state index is 0.116. The van der Waals surface area contributed by atoms with Crippen LogP contribution in [0, 0.1) is 23.0 Å². The topological polar surface area (TPSA) is 59.0 Å². The van der Waals surface area contributed by atoms with Gasteiger partial charge in [-0.3, -0.25) is 0 Å². The van der Waals surface area contributed by atoms with Gasteiger partial charge in [0.05, 0.1) is 6.07 Å². The second kappa shape index (κ2) is 5.68. The second-order valence-corrected chi connectivity index (χ2v) is 4.31. The van der Waals surface area contributed by atoms with Crippen LogP contribution in [0.15, 0.2) is 48.5 Å². The Hall–Kier alpha value is -2.45. The van der Waals surface area contributed by atoms with Crippen LogP contribution in [-0.4, -0.2) is 6.61 Å². The van der Waals surface area contributed by atoms with Crippen LogP contribution < -0.4 is 10.5 Å². The molecule has 2 aromatic rings. The minimum Gasteiger partial charge on any atom is -0.490 e. The summed E-state index contributed by atoms with van der Waals surface area (Å²) in [5.74, 6) is -1.86. The van der Waals surface area contributed by atoms with Gasteiger partial charge in [0.2, 0.25) is 0 Å². The maximum absolute atomic E-state index is 13.1. The minimum atomic E-state index is -1.36. The van der Waals surface area contributed by atoms with Crippen LogP contribution in [0.4, 0.5) is 8.78 Å². The molecule has 0 aromatic heterocycles. The number of hydrogen-bond acceptors (Lipinski definition) is 3. The van der Waals surface area contributed by atoms with E-state index in [0.29, 0.717) is 5.56 Å². The van der Waals surface area contributed by atoms with E-state index in [4.69, 9.17) is 10.5 Å². The largest absolute Gasteiger partial charge is 0.490 e. The molecule has 3 nitrogen and oxygen atoms in total. The van der Waals surface area contributed by atoms with E-state index >= 15 is 0 Å². The lowest BCUT2D eigenvalue weighted by Gasteiger charge is -2.22. The van der Waals surface area contributed by atoms with E-state index in [1.165, 1.54) is 6.07 Å². The number of nitriles is 1. The highest BCUT2D eigenvalue weighted by Crippen LogP contribution is 2.21. The lowest BCUT2D eigenvalue weighted by Crippen LogP contribution is -2.41. The standard InChI is InChI=1S/C15H12F2N2O/c16-13-7-6-12(8-14(13)17)20-10-15(19,9-18)11-4-2-1-3-5-11/h1-8H,10,19H2. The molecule has 0 radical (unpaired) electrons. The van der Waals surface area contributed by atoms with Crippen molar-refractivity contribution in [1.29, 1.82) is 5.26 Å². The van der Waals surface area contributed by atoms with Crippen molar-refractivity contribution < 1.29 is 13.5 Å². The summed E-state index contributed by atoms with van der Waals surface area (Å²) in [4.78, 5) is 0. The highest BCUT2D eigenvalue weighted by Gasteiger charge is 2.28. The Morgan fingerprint density at radius 3 is 2.40 bits per heavy atom. The average Bonchev–Trinajstić information content (AvgIpc) is 2.49. The predicted molar refractivity (Wildman–Crippen MR) is 69.8 cm³/mol. The van der Waals surface area contributed by atoms with Crippen molar-refractivity contribution in [3.8, 4) is 11.8 Å². The van der Waals surface area contributed by atoms with Crippen LogP contribution in [-0.2, 0) is 5.54 Å². The van der Waals surface area contributed by atoms with E-state index in [-0.39, 0.29) is 12.4 Å². The summed E-state index contributed by atoms with van der Waals surface area (Å²) in [6, 6.07) is 13.9. The first-order valence-corrected chi connectivity index (χ1v) is 5.89.